The fourth-order valence-electron chi connectivity index (χ4n) is 2.60. The second-order valence-electron chi connectivity index (χ2n) is 6.12. The lowest BCUT2D eigenvalue weighted by Crippen LogP contribution is -2.19. The van der Waals surface area contributed by atoms with Crippen LogP contribution >= 0.6 is 0 Å². The highest BCUT2D eigenvalue weighted by Crippen LogP contribution is 2.40. The molecule has 0 fully saturated rings. The highest BCUT2D eigenvalue weighted by Gasteiger charge is 2.27. The fourth-order valence-corrected chi connectivity index (χ4v) is 2.60. The molecule has 0 saturated carbocycles. The lowest BCUT2D eigenvalue weighted by Gasteiger charge is -2.32. The number of hydrogen-bond donors (Lipinski definition) is 0. The van der Waals surface area contributed by atoms with Gasteiger partial charge in [-0.15, -0.1) is 0 Å². The van der Waals surface area contributed by atoms with Crippen molar-refractivity contribution in [1.82, 2.24) is 0 Å². The summed E-state index contributed by atoms with van der Waals surface area (Å²) in [6, 6.07) is 19.7. The number of hydrogen-bond acceptors (Lipinski definition) is 0. The fraction of sp³-hybridized carbons (Fsp3) is 0.333. The lowest BCUT2D eigenvalue weighted by molar-refractivity contribution is 0.358. The van der Waals surface area contributed by atoms with E-state index in [1.807, 2.05) is 0 Å². The molecule has 2 aromatic rings. The minimum atomic E-state index is 0.219. The summed E-state index contributed by atoms with van der Waals surface area (Å²) in [4.78, 5) is 0. The van der Waals surface area contributed by atoms with Crippen molar-refractivity contribution in [3.63, 3.8) is 0 Å². The van der Waals surface area contributed by atoms with Crippen molar-refractivity contribution in [1.29, 1.82) is 0 Å². The molecule has 0 aliphatic heterocycles. The average Bonchev–Trinajstić information content (AvgIpc) is 2.32. The molecule has 0 nitrogen and oxygen atoms in total. The van der Waals surface area contributed by atoms with Crippen LogP contribution < -0.4 is 0 Å². The van der Waals surface area contributed by atoms with E-state index >= 15 is 0 Å². The predicted octanol–water partition coefficient (Wildman–Crippen LogP) is 5.17. The van der Waals surface area contributed by atoms with E-state index < -0.39 is 0 Å². The second-order valence-corrected chi connectivity index (χ2v) is 6.12. The smallest absolute Gasteiger partial charge is 0.0138 e. The summed E-state index contributed by atoms with van der Waals surface area (Å²) in [6.07, 6.45) is 0. The molecule has 0 aliphatic rings. The van der Waals surface area contributed by atoms with Gasteiger partial charge in [0.2, 0.25) is 0 Å². The Bertz CT molecular complexity index is 486. The molecule has 0 amide bonds. The maximum absolute atomic E-state index is 2.31. The molecule has 1 atom stereocenters. The molecule has 94 valence electrons. The Hall–Kier alpha value is -1.56. The lowest BCUT2D eigenvalue weighted by atomic mass is 9.72. The molecule has 2 rings (SSSR count). The molecule has 0 N–H and O–H groups in total. The molecule has 0 heteroatoms. The minimum absolute atomic E-state index is 0.219. The average molecular weight is 238 g/mol. The molecule has 18 heavy (non-hydrogen) atoms. The van der Waals surface area contributed by atoms with Gasteiger partial charge >= 0.3 is 0 Å². The first-order chi connectivity index (χ1) is 8.48. The molecule has 0 saturated heterocycles. The van der Waals surface area contributed by atoms with Crippen molar-refractivity contribution >= 4 is 0 Å². The zero-order valence-corrected chi connectivity index (χ0v) is 11.8. The van der Waals surface area contributed by atoms with Gasteiger partial charge in [0.1, 0.15) is 0 Å². The van der Waals surface area contributed by atoms with Crippen molar-refractivity contribution in [2.24, 2.45) is 5.41 Å². The number of benzene rings is 2. The van der Waals surface area contributed by atoms with Crippen LogP contribution in [0.2, 0.25) is 0 Å². The first-order valence-electron chi connectivity index (χ1n) is 6.60. The SMILES string of the molecule is Cc1ccc(C(c2ccccc2)C(C)(C)C)cc1. The molecule has 0 spiro atoms. The Balaban J connectivity index is 2.47. The van der Waals surface area contributed by atoms with Crippen molar-refractivity contribution in [2.75, 3.05) is 0 Å². The van der Waals surface area contributed by atoms with Gasteiger partial charge in [-0.1, -0.05) is 80.9 Å². The van der Waals surface area contributed by atoms with E-state index in [9.17, 15) is 0 Å². The van der Waals surface area contributed by atoms with Crippen LogP contribution in [0.3, 0.4) is 0 Å². The molecule has 0 bridgehead atoms. The quantitative estimate of drug-likeness (QED) is 0.677. The molecule has 0 aliphatic carbocycles. The Labute approximate surface area is 111 Å². The standard InChI is InChI=1S/C18H22/c1-14-10-12-16(13-11-14)17(18(2,3)4)15-8-6-5-7-9-15/h5-13,17H,1-4H3. The van der Waals surface area contributed by atoms with Gasteiger partial charge in [0.25, 0.3) is 0 Å². The number of rotatable bonds is 2. The van der Waals surface area contributed by atoms with Gasteiger partial charge < -0.3 is 0 Å². The van der Waals surface area contributed by atoms with E-state index in [1.165, 1.54) is 16.7 Å². The molecule has 0 radical (unpaired) electrons. The zero-order valence-electron chi connectivity index (χ0n) is 11.8. The Morgan fingerprint density at radius 1 is 0.722 bits per heavy atom. The van der Waals surface area contributed by atoms with Gasteiger partial charge in [-0.05, 0) is 23.5 Å². The molecule has 2 aromatic carbocycles. The normalized spacial score (nSPS) is 13.3. The van der Waals surface area contributed by atoms with Crippen LogP contribution in [-0.4, -0.2) is 0 Å². The monoisotopic (exact) mass is 238 g/mol. The highest BCUT2D eigenvalue weighted by molar-refractivity contribution is 5.35. The molecular formula is C18H22. The minimum Gasteiger partial charge on any atom is -0.0622 e. The molecule has 1 unspecified atom stereocenters. The van der Waals surface area contributed by atoms with Crippen molar-refractivity contribution in [3.8, 4) is 0 Å². The van der Waals surface area contributed by atoms with Gasteiger partial charge in [-0.3, -0.25) is 0 Å². The van der Waals surface area contributed by atoms with Crippen LogP contribution in [0, 0.1) is 12.3 Å². The summed E-state index contributed by atoms with van der Waals surface area (Å²) in [5.74, 6) is 0.444. The van der Waals surface area contributed by atoms with Crippen molar-refractivity contribution in [3.05, 3.63) is 71.3 Å². The van der Waals surface area contributed by atoms with E-state index in [1.54, 1.807) is 0 Å². The Morgan fingerprint density at radius 3 is 1.72 bits per heavy atom. The van der Waals surface area contributed by atoms with E-state index in [-0.39, 0.29) is 5.41 Å². The van der Waals surface area contributed by atoms with Crippen molar-refractivity contribution in [2.45, 2.75) is 33.6 Å². The van der Waals surface area contributed by atoms with E-state index in [2.05, 4.69) is 82.3 Å². The molecular weight excluding hydrogens is 216 g/mol. The third-order valence-corrected chi connectivity index (χ3v) is 3.41. The van der Waals surface area contributed by atoms with Gasteiger partial charge in [0.15, 0.2) is 0 Å². The van der Waals surface area contributed by atoms with Crippen LogP contribution in [0.5, 0.6) is 0 Å². The summed E-state index contributed by atoms with van der Waals surface area (Å²) in [5.41, 5.74) is 4.34. The van der Waals surface area contributed by atoms with Crippen LogP contribution in [0.25, 0.3) is 0 Å². The summed E-state index contributed by atoms with van der Waals surface area (Å²) in [5, 5.41) is 0. The third-order valence-electron chi connectivity index (χ3n) is 3.41. The Kier molecular flexibility index (Phi) is 3.56. The van der Waals surface area contributed by atoms with Crippen LogP contribution in [0.1, 0.15) is 43.4 Å². The maximum Gasteiger partial charge on any atom is 0.0138 e. The first-order valence-corrected chi connectivity index (χ1v) is 6.60. The van der Waals surface area contributed by atoms with E-state index in [0.29, 0.717) is 5.92 Å². The van der Waals surface area contributed by atoms with Crippen LogP contribution in [-0.2, 0) is 0 Å². The summed E-state index contributed by atoms with van der Waals surface area (Å²) in [7, 11) is 0. The first kappa shape index (κ1) is 12.9. The van der Waals surface area contributed by atoms with Gasteiger partial charge in [-0.2, -0.15) is 0 Å². The van der Waals surface area contributed by atoms with Crippen LogP contribution in [0.4, 0.5) is 0 Å². The van der Waals surface area contributed by atoms with Gasteiger partial charge in [-0.25, -0.2) is 0 Å². The third kappa shape index (κ3) is 2.81. The number of aryl methyl sites for hydroxylation is 1. The summed E-state index contributed by atoms with van der Waals surface area (Å²) >= 11 is 0. The predicted molar refractivity (Wildman–Crippen MR) is 78.9 cm³/mol. The summed E-state index contributed by atoms with van der Waals surface area (Å²) < 4.78 is 0. The second kappa shape index (κ2) is 4.97. The summed E-state index contributed by atoms with van der Waals surface area (Å²) in [6.45, 7) is 9.07. The topological polar surface area (TPSA) is 0 Å². The molecule has 0 heterocycles. The van der Waals surface area contributed by atoms with Gasteiger partial charge in [0, 0.05) is 5.92 Å². The van der Waals surface area contributed by atoms with Crippen molar-refractivity contribution < 1.29 is 0 Å². The van der Waals surface area contributed by atoms with Gasteiger partial charge in [0.05, 0.1) is 0 Å². The maximum atomic E-state index is 2.31. The largest absolute Gasteiger partial charge is 0.0622 e. The van der Waals surface area contributed by atoms with E-state index in [4.69, 9.17) is 0 Å². The molecule has 0 aromatic heterocycles. The van der Waals surface area contributed by atoms with Crippen LogP contribution in [0.15, 0.2) is 54.6 Å². The zero-order chi connectivity index (χ0) is 13.2. The highest BCUT2D eigenvalue weighted by atomic mass is 14.3. The Morgan fingerprint density at radius 2 is 1.22 bits per heavy atom. The van der Waals surface area contributed by atoms with E-state index in [0.717, 1.165) is 0 Å².